The Hall–Kier alpha value is -1.60. The highest BCUT2D eigenvalue weighted by Gasteiger charge is 2.01. The fourth-order valence-corrected chi connectivity index (χ4v) is 1.25. The minimum atomic E-state index is -0.470. The molecule has 0 saturated heterocycles. The van der Waals surface area contributed by atoms with Crippen LogP contribution in [0, 0.1) is 23.1 Å². The zero-order valence-corrected chi connectivity index (χ0v) is 10.1. The Morgan fingerprint density at radius 1 is 1.29 bits per heavy atom. The number of benzene rings is 1. The largest absolute Gasteiger partial charge is 0.491 e. The van der Waals surface area contributed by atoms with Gasteiger partial charge in [0.15, 0.2) is 0 Å². The van der Waals surface area contributed by atoms with Gasteiger partial charge in [-0.3, -0.25) is 0 Å². The first-order chi connectivity index (χ1) is 8.11. The zero-order chi connectivity index (χ0) is 12.7. The van der Waals surface area contributed by atoms with Gasteiger partial charge in [-0.1, -0.05) is 13.8 Å². The lowest BCUT2D eigenvalue weighted by Gasteiger charge is -2.08. The van der Waals surface area contributed by atoms with Gasteiger partial charge < -0.3 is 9.47 Å². The van der Waals surface area contributed by atoms with Crippen molar-refractivity contribution in [3.63, 3.8) is 0 Å². The van der Waals surface area contributed by atoms with Gasteiger partial charge in [0.25, 0.3) is 0 Å². The molecule has 0 heterocycles. The van der Waals surface area contributed by atoms with E-state index in [2.05, 4.69) is 13.8 Å². The summed E-state index contributed by atoms with van der Waals surface area (Å²) < 4.78 is 23.6. The quantitative estimate of drug-likeness (QED) is 0.714. The van der Waals surface area contributed by atoms with Crippen LogP contribution in [0.15, 0.2) is 18.2 Å². The first-order valence-electron chi connectivity index (χ1n) is 5.53. The minimum absolute atomic E-state index is 0.253. The van der Waals surface area contributed by atoms with Gasteiger partial charge >= 0.3 is 0 Å². The topological polar surface area (TPSA) is 42.2 Å². The Morgan fingerprint density at radius 2 is 2.06 bits per heavy atom. The molecule has 0 bridgehead atoms. The maximum absolute atomic E-state index is 13.0. The van der Waals surface area contributed by atoms with Crippen LogP contribution < -0.4 is 4.74 Å². The smallest absolute Gasteiger partial charge is 0.128 e. The van der Waals surface area contributed by atoms with E-state index in [-0.39, 0.29) is 5.56 Å². The van der Waals surface area contributed by atoms with E-state index in [0.29, 0.717) is 31.5 Å². The second kappa shape index (κ2) is 6.87. The summed E-state index contributed by atoms with van der Waals surface area (Å²) in [6.45, 7) is 5.60. The van der Waals surface area contributed by atoms with Gasteiger partial charge in [0.2, 0.25) is 0 Å². The van der Waals surface area contributed by atoms with Crippen molar-refractivity contribution in [3.05, 3.63) is 29.6 Å². The van der Waals surface area contributed by atoms with Crippen LogP contribution in [0.3, 0.4) is 0 Å². The molecule has 0 spiro atoms. The SMILES string of the molecule is CC(C)COCCOc1cc(F)cc(C#N)c1. The summed E-state index contributed by atoms with van der Waals surface area (Å²) in [6, 6.07) is 5.80. The van der Waals surface area contributed by atoms with Gasteiger partial charge in [-0.15, -0.1) is 0 Å². The number of hydrogen-bond acceptors (Lipinski definition) is 3. The van der Waals surface area contributed by atoms with E-state index < -0.39 is 5.82 Å². The molecule has 0 saturated carbocycles. The summed E-state index contributed by atoms with van der Waals surface area (Å²) >= 11 is 0. The molecule has 0 amide bonds. The standard InChI is InChI=1S/C13H16FNO2/c1-10(2)9-16-3-4-17-13-6-11(8-15)5-12(14)7-13/h5-7,10H,3-4,9H2,1-2H3. The molecule has 1 rings (SSSR count). The molecule has 0 N–H and O–H groups in total. The molecule has 0 aliphatic heterocycles. The summed E-state index contributed by atoms with van der Waals surface area (Å²) in [6.07, 6.45) is 0. The predicted octanol–water partition coefficient (Wildman–Crippen LogP) is 2.75. The number of nitriles is 1. The van der Waals surface area contributed by atoms with Crippen molar-refractivity contribution in [2.45, 2.75) is 13.8 Å². The molecule has 0 radical (unpaired) electrons. The Bertz CT molecular complexity index is 399. The molecule has 17 heavy (non-hydrogen) atoms. The molecule has 1 aromatic rings. The normalized spacial score (nSPS) is 10.3. The Labute approximate surface area is 101 Å². The second-order valence-electron chi connectivity index (χ2n) is 4.10. The Morgan fingerprint density at radius 3 is 2.71 bits per heavy atom. The number of hydrogen-bond donors (Lipinski definition) is 0. The third-order valence-electron chi connectivity index (χ3n) is 1.95. The average Bonchev–Trinajstić information content (AvgIpc) is 2.27. The molecule has 0 fully saturated rings. The van der Waals surface area contributed by atoms with E-state index >= 15 is 0 Å². The van der Waals surface area contributed by atoms with Crippen LogP contribution in [-0.2, 0) is 4.74 Å². The lowest BCUT2D eigenvalue weighted by atomic mass is 10.2. The van der Waals surface area contributed by atoms with Crippen LogP contribution in [-0.4, -0.2) is 19.8 Å². The maximum atomic E-state index is 13.0. The van der Waals surface area contributed by atoms with Crippen molar-refractivity contribution in [1.82, 2.24) is 0 Å². The molecular weight excluding hydrogens is 221 g/mol. The fourth-order valence-electron chi connectivity index (χ4n) is 1.25. The van der Waals surface area contributed by atoms with Crippen molar-refractivity contribution in [2.75, 3.05) is 19.8 Å². The van der Waals surface area contributed by atoms with Crippen LogP contribution in [0.4, 0.5) is 4.39 Å². The molecule has 1 aromatic carbocycles. The number of ether oxygens (including phenoxy) is 2. The lowest BCUT2D eigenvalue weighted by Crippen LogP contribution is -2.10. The van der Waals surface area contributed by atoms with E-state index in [4.69, 9.17) is 14.7 Å². The van der Waals surface area contributed by atoms with E-state index in [0.717, 1.165) is 0 Å². The second-order valence-corrected chi connectivity index (χ2v) is 4.10. The molecule has 0 aromatic heterocycles. The third kappa shape index (κ3) is 5.32. The molecule has 0 unspecified atom stereocenters. The minimum Gasteiger partial charge on any atom is -0.491 e. The van der Waals surface area contributed by atoms with Gasteiger partial charge in [0, 0.05) is 12.7 Å². The van der Waals surface area contributed by atoms with Gasteiger partial charge in [0.1, 0.15) is 18.2 Å². The summed E-state index contributed by atoms with van der Waals surface area (Å²) in [5.74, 6) is 0.367. The van der Waals surface area contributed by atoms with Gasteiger partial charge in [-0.2, -0.15) is 5.26 Å². The van der Waals surface area contributed by atoms with Gasteiger partial charge in [-0.05, 0) is 18.1 Å². The average molecular weight is 237 g/mol. The summed E-state index contributed by atoms with van der Waals surface area (Å²) in [7, 11) is 0. The van der Waals surface area contributed by atoms with Crippen molar-refractivity contribution in [1.29, 1.82) is 5.26 Å². The van der Waals surface area contributed by atoms with Crippen molar-refractivity contribution in [2.24, 2.45) is 5.92 Å². The summed E-state index contributed by atoms with van der Waals surface area (Å²) in [4.78, 5) is 0. The highest BCUT2D eigenvalue weighted by Crippen LogP contribution is 2.15. The first kappa shape index (κ1) is 13.5. The maximum Gasteiger partial charge on any atom is 0.128 e. The monoisotopic (exact) mass is 237 g/mol. The highest BCUT2D eigenvalue weighted by atomic mass is 19.1. The molecule has 0 atom stereocenters. The van der Waals surface area contributed by atoms with Crippen molar-refractivity contribution < 1.29 is 13.9 Å². The highest BCUT2D eigenvalue weighted by molar-refractivity contribution is 5.36. The lowest BCUT2D eigenvalue weighted by molar-refractivity contribution is 0.0818. The Balaban J connectivity index is 2.37. The molecule has 92 valence electrons. The van der Waals surface area contributed by atoms with Crippen LogP contribution >= 0.6 is 0 Å². The number of nitrogens with zero attached hydrogens (tertiary/aromatic N) is 1. The molecule has 4 heteroatoms. The fraction of sp³-hybridized carbons (Fsp3) is 0.462. The van der Waals surface area contributed by atoms with Crippen LogP contribution in [0.5, 0.6) is 5.75 Å². The Kier molecular flexibility index (Phi) is 5.44. The van der Waals surface area contributed by atoms with Crippen molar-refractivity contribution >= 4 is 0 Å². The van der Waals surface area contributed by atoms with E-state index in [9.17, 15) is 4.39 Å². The molecular formula is C13H16FNO2. The molecule has 3 nitrogen and oxygen atoms in total. The van der Waals surface area contributed by atoms with E-state index in [1.807, 2.05) is 6.07 Å². The molecule has 0 aliphatic rings. The summed E-state index contributed by atoms with van der Waals surface area (Å²) in [5.41, 5.74) is 0.253. The number of rotatable bonds is 6. The third-order valence-corrected chi connectivity index (χ3v) is 1.95. The van der Waals surface area contributed by atoms with Gasteiger partial charge in [0.05, 0.1) is 18.2 Å². The zero-order valence-electron chi connectivity index (χ0n) is 10.1. The summed E-state index contributed by atoms with van der Waals surface area (Å²) in [5, 5.41) is 8.66. The predicted molar refractivity (Wildman–Crippen MR) is 62.3 cm³/mol. The molecule has 0 aliphatic carbocycles. The van der Waals surface area contributed by atoms with Crippen molar-refractivity contribution in [3.8, 4) is 11.8 Å². The van der Waals surface area contributed by atoms with Crippen LogP contribution in [0.1, 0.15) is 19.4 Å². The van der Waals surface area contributed by atoms with Crippen LogP contribution in [0.25, 0.3) is 0 Å². The van der Waals surface area contributed by atoms with Gasteiger partial charge in [-0.25, -0.2) is 4.39 Å². The number of halogens is 1. The van der Waals surface area contributed by atoms with E-state index in [1.54, 1.807) is 0 Å². The van der Waals surface area contributed by atoms with E-state index in [1.165, 1.54) is 18.2 Å². The van der Waals surface area contributed by atoms with Crippen LogP contribution in [0.2, 0.25) is 0 Å². The first-order valence-corrected chi connectivity index (χ1v) is 5.53.